The predicted octanol–water partition coefficient (Wildman–Crippen LogP) is 2.35. The lowest BCUT2D eigenvalue weighted by atomic mass is 10.2. The summed E-state index contributed by atoms with van der Waals surface area (Å²) < 4.78 is 25.0. The van der Waals surface area contributed by atoms with Gasteiger partial charge >= 0.3 is 0 Å². The van der Waals surface area contributed by atoms with E-state index >= 15 is 0 Å². The van der Waals surface area contributed by atoms with Gasteiger partial charge in [-0.15, -0.1) is 0 Å². The first-order valence-electron chi connectivity index (χ1n) is 9.49. The van der Waals surface area contributed by atoms with Crippen LogP contribution in [0.25, 0.3) is 5.69 Å². The second kappa shape index (κ2) is 10.2. The van der Waals surface area contributed by atoms with E-state index in [1.807, 2.05) is 30.3 Å². The summed E-state index contributed by atoms with van der Waals surface area (Å²) in [6.45, 7) is 1.74. The van der Waals surface area contributed by atoms with Gasteiger partial charge in [0.05, 0.1) is 29.7 Å². The summed E-state index contributed by atoms with van der Waals surface area (Å²) in [4.78, 5) is 17.0. The Kier molecular flexibility index (Phi) is 7.37. The number of aromatic nitrogens is 2. The average Bonchev–Trinajstić information content (AvgIpc) is 2.76. The molecule has 0 saturated heterocycles. The molecule has 8 heteroatoms. The number of hydrogen-bond acceptors (Lipinski definition) is 6. The molecule has 3 aromatic rings. The summed E-state index contributed by atoms with van der Waals surface area (Å²) in [5, 5.41) is 9.41. The van der Waals surface area contributed by atoms with Gasteiger partial charge in [-0.05, 0) is 31.0 Å². The van der Waals surface area contributed by atoms with Crippen molar-refractivity contribution in [1.29, 1.82) is 0 Å². The van der Waals surface area contributed by atoms with Crippen molar-refractivity contribution < 1.29 is 18.8 Å². The molecule has 1 N–H and O–H groups in total. The first-order chi connectivity index (χ1) is 14.5. The Hall–Kier alpha value is -2.97. The highest BCUT2D eigenvalue weighted by Gasteiger charge is 2.15. The molecule has 0 bridgehead atoms. The van der Waals surface area contributed by atoms with Crippen LogP contribution in [0.1, 0.15) is 12.5 Å². The summed E-state index contributed by atoms with van der Waals surface area (Å²) >= 11 is 0. The van der Waals surface area contributed by atoms with Crippen LogP contribution in [0.2, 0.25) is 0 Å². The van der Waals surface area contributed by atoms with E-state index in [-0.39, 0.29) is 11.6 Å². The Morgan fingerprint density at radius 3 is 2.63 bits per heavy atom. The number of aryl methyl sites for hydroxylation is 1. The second-order valence-electron chi connectivity index (χ2n) is 6.69. The van der Waals surface area contributed by atoms with E-state index in [9.17, 15) is 14.1 Å². The first kappa shape index (κ1) is 21.7. The highest BCUT2D eigenvalue weighted by molar-refractivity contribution is 7.84. The molecule has 1 aromatic heterocycles. The van der Waals surface area contributed by atoms with Gasteiger partial charge in [0.25, 0.3) is 5.56 Å². The SMILES string of the molecule is COc1cc(-n2ccnc(S(=O)CCc3ccccc3)c2=O)ccc1OC[C@@H](C)O. The largest absolute Gasteiger partial charge is 0.493 e. The molecule has 0 aliphatic heterocycles. The van der Waals surface area contributed by atoms with Gasteiger partial charge < -0.3 is 14.6 Å². The van der Waals surface area contributed by atoms with Crippen LogP contribution in [0.4, 0.5) is 0 Å². The van der Waals surface area contributed by atoms with Crippen LogP contribution < -0.4 is 15.0 Å². The molecule has 0 saturated carbocycles. The van der Waals surface area contributed by atoms with E-state index in [2.05, 4.69) is 4.98 Å². The van der Waals surface area contributed by atoms with Gasteiger partial charge in [0.1, 0.15) is 6.61 Å². The topological polar surface area (TPSA) is 90.7 Å². The summed E-state index contributed by atoms with van der Waals surface area (Å²) in [7, 11) is -0.0338. The Balaban J connectivity index is 1.83. The van der Waals surface area contributed by atoms with E-state index in [0.717, 1.165) is 5.56 Å². The molecule has 0 radical (unpaired) electrons. The fourth-order valence-corrected chi connectivity index (χ4v) is 3.93. The molecule has 0 fully saturated rings. The van der Waals surface area contributed by atoms with E-state index in [0.29, 0.717) is 29.4 Å². The van der Waals surface area contributed by atoms with Crippen LogP contribution in [0, 0.1) is 0 Å². The van der Waals surface area contributed by atoms with Crippen molar-refractivity contribution in [1.82, 2.24) is 9.55 Å². The fourth-order valence-electron chi connectivity index (χ4n) is 2.84. The Morgan fingerprint density at radius 1 is 1.17 bits per heavy atom. The number of aliphatic hydroxyl groups excluding tert-OH is 1. The van der Waals surface area contributed by atoms with Gasteiger partial charge in [0, 0.05) is 24.2 Å². The quantitative estimate of drug-likeness (QED) is 0.563. The number of hydrogen-bond donors (Lipinski definition) is 1. The van der Waals surface area contributed by atoms with Crippen molar-refractivity contribution in [3.05, 3.63) is 76.8 Å². The number of benzene rings is 2. The zero-order valence-electron chi connectivity index (χ0n) is 16.9. The number of methoxy groups -OCH3 is 1. The van der Waals surface area contributed by atoms with Crippen molar-refractivity contribution >= 4 is 10.8 Å². The Bertz CT molecular complexity index is 1070. The van der Waals surface area contributed by atoms with Crippen LogP contribution in [-0.2, 0) is 17.2 Å². The van der Waals surface area contributed by atoms with Gasteiger partial charge in [0.2, 0.25) is 0 Å². The van der Waals surface area contributed by atoms with Crippen molar-refractivity contribution in [2.24, 2.45) is 0 Å². The highest BCUT2D eigenvalue weighted by atomic mass is 32.2. The molecule has 2 aromatic carbocycles. The lowest BCUT2D eigenvalue weighted by molar-refractivity contribution is 0.120. The van der Waals surface area contributed by atoms with Gasteiger partial charge in [-0.25, -0.2) is 4.98 Å². The van der Waals surface area contributed by atoms with Crippen molar-refractivity contribution in [3.8, 4) is 17.2 Å². The normalized spacial score (nSPS) is 12.9. The maximum Gasteiger partial charge on any atom is 0.290 e. The van der Waals surface area contributed by atoms with E-state index in [1.165, 1.54) is 24.1 Å². The molecule has 0 spiro atoms. The lowest BCUT2D eigenvalue weighted by Gasteiger charge is -2.14. The van der Waals surface area contributed by atoms with Crippen LogP contribution >= 0.6 is 0 Å². The molecule has 3 rings (SSSR count). The fraction of sp³-hybridized carbons (Fsp3) is 0.273. The van der Waals surface area contributed by atoms with Crippen LogP contribution in [0.3, 0.4) is 0 Å². The minimum Gasteiger partial charge on any atom is -0.493 e. The Labute approximate surface area is 177 Å². The summed E-state index contributed by atoms with van der Waals surface area (Å²) in [6, 6.07) is 14.7. The number of nitrogens with zero attached hydrogens (tertiary/aromatic N) is 2. The van der Waals surface area contributed by atoms with E-state index in [4.69, 9.17) is 9.47 Å². The van der Waals surface area contributed by atoms with Crippen molar-refractivity contribution in [2.45, 2.75) is 24.5 Å². The minimum absolute atomic E-state index is 0.0156. The smallest absolute Gasteiger partial charge is 0.290 e. The van der Waals surface area contributed by atoms with Crippen molar-refractivity contribution in [2.75, 3.05) is 19.5 Å². The monoisotopic (exact) mass is 428 g/mol. The van der Waals surface area contributed by atoms with E-state index in [1.54, 1.807) is 25.1 Å². The summed E-state index contributed by atoms with van der Waals surface area (Å²) in [5.74, 6) is 1.19. The average molecular weight is 429 g/mol. The van der Waals surface area contributed by atoms with Crippen LogP contribution in [-0.4, -0.2) is 44.4 Å². The molecule has 158 valence electrons. The van der Waals surface area contributed by atoms with Gasteiger partial charge in [-0.2, -0.15) is 0 Å². The predicted molar refractivity (Wildman–Crippen MR) is 115 cm³/mol. The molecular formula is C22H24N2O5S. The lowest BCUT2D eigenvalue weighted by Crippen LogP contribution is -2.25. The van der Waals surface area contributed by atoms with Crippen molar-refractivity contribution in [3.63, 3.8) is 0 Å². The molecule has 0 aliphatic rings. The molecule has 1 unspecified atom stereocenters. The molecule has 0 aliphatic carbocycles. The third-order valence-electron chi connectivity index (χ3n) is 4.35. The molecule has 7 nitrogen and oxygen atoms in total. The van der Waals surface area contributed by atoms with Gasteiger partial charge in [0.15, 0.2) is 16.5 Å². The first-order valence-corrected chi connectivity index (χ1v) is 10.8. The zero-order chi connectivity index (χ0) is 21.5. The molecule has 1 heterocycles. The maximum absolute atomic E-state index is 12.9. The van der Waals surface area contributed by atoms with Crippen LogP contribution in [0.15, 0.2) is 70.7 Å². The van der Waals surface area contributed by atoms with E-state index < -0.39 is 22.5 Å². The third kappa shape index (κ3) is 5.34. The number of rotatable bonds is 9. The standard InChI is InChI=1S/C22H24N2O5S/c1-16(25)15-29-19-9-8-18(14-20(19)28-2)24-12-11-23-21(22(24)26)30(27)13-10-17-6-4-3-5-7-17/h3-9,11-12,14,16,25H,10,13,15H2,1-2H3/t16-,30?/m1/s1. The van der Waals surface area contributed by atoms with Gasteiger partial charge in [-0.1, -0.05) is 30.3 Å². The number of aliphatic hydroxyl groups is 1. The molecule has 2 atom stereocenters. The molecular weight excluding hydrogens is 404 g/mol. The summed E-state index contributed by atoms with van der Waals surface area (Å²) in [5.41, 5.74) is 1.15. The van der Waals surface area contributed by atoms with Gasteiger partial charge in [-0.3, -0.25) is 13.6 Å². The molecule has 0 amide bonds. The van der Waals surface area contributed by atoms with Crippen LogP contribution in [0.5, 0.6) is 11.5 Å². The maximum atomic E-state index is 12.9. The zero-order valence-corrected chi connectivity index (χ0v) is 17.7. The molecule has 30 heavy (non-hydrogen) atoms. The second-order valence-corrected chi connectivity index (χ2v) is 8.17. The minimum atomic E-state index is -1.53. The Morgan fingerprint density at radius 2 is 1.93 bits per heavy atom. The highest BCUT2D eigenvalue weighted by Crippen LogP contribution is 2.29. The summed E-state index contributed by atoms with van der Waals surface area (Å²) in [6.07, 6.45) is 2.95. The third-order valence-corrected chi connectivity index (χ3v) is 5.64. The number of ether oxygens (including phenoxy) is 2.